The highest BCUT2D eigenvalue weighted by Gasteiger charge is 2.17. The second kappa shape index (κ2) is 8.11. The molecule has 2 aromatic heterocycles. The predicted octanol–water partition coefficient (Wildman–Crippen LogP) is 0.737. The molecule has 0 fully saturated rings. The number of nitrogens with zero attached hydrogens (tertiary/aromatic N) is 1. The summed E-state index contributed by atoms with van der Waals surface area (Å²) >= 11 is 0. The normalized spacial score (nSPS) is 11.5. The van der Waals surface area contributed by atoms with Gasteiger partial charge < -0.3 is 20.6 Å². The smallest absolute Gasteiger partial charge is 0.322 e. The average Bonchev–Trinajstić information content (AvgIpc) is 3.20. The summed E-state index contributed by atoms with van der Waals surface area (Å²) < 4.78 is 5.99. The van der Waals surface area contributed by atoms with Crippen molar-refractivity contribution in [3.63, 3.8) is 0 Å². The van der Waals surface area contributed by atoms with Crippen molar-refractivity contribution in [3.8, 4) is 0 Å². The minimum absolute atomic E-state index is 0.000000000000000222. The Balaban J connectivity index is 0.000000269. The zero-order valence-corrected chi connectivity index (χ0v) is 14.0. The number of aromatic amines is 2. The molecule has 1 aromatic carbocycles. The second-order valence-electron chi connectivity index (χ2n) is 5.40. The number of nitrogens with one attached hydrogen (secondary N) is 2. The van der Waals surface area contributed by atoms with Gasteiger partial charge in [-0.2, -0.15) is 0 Å². The minimum atomic E-state index is -0.728. The zero-order chi connectivity index (χ0) is 18.4. The van der Waals surface area contributed by atoms with Gasteiger partial charge in [0.25, 0.3) is 5.56 Å². The van der Waals surface area contributed by atoms with Gasteiger partial charge in [0.1, 0.15) is 6.04 Å². The van der Waals surface area contributed by atoms with E-state index < -0.39 is 12.0 Å². The van der Waals surface area contributed by atoms with E-state index in [1.807, 2.05) is 6.07 Å². The van der Waals surface area contributed by atoms with Gasteiger partial charge >= 0.3 is 5.97 Å². The Labute approximate surface area is 143 Å². The highest BCUT2D eigenvalue weighted by molar-refractivity contribution is 5.99. The highest BCUT2D eigenvalue weighted by atomic mass is 16.5. The van der Waals surface area contributed by atoms with Crippen molar-refractivity contribution in [2.24, 2.45) is 12.8 Å². The molecule has 0 spiro atoms. The van der Waals surface area contributed by atoms with Gasteiger partial charge in [-0.3, -0.25) is 19.1 Å². The molecule has 0 radical (unpaired) electrons. The van der Waals surface area contributed by atoms with Gasteiger partial charge in [-0.05, 0) is 11.6 Å². The maximum Gasteiger partial charge on any atom is 0.322 e. The molecule has 3 rings (SSSR count). The van der Waals surface area contributed by atoms with Gasteiger partial charge in [-0.15, -0.1) is 0 Å². The molecule has 0 aliphatic carbocycles. The SMILES string of the molecule is COC(=O)C(N)Cc1c[nH]c2cccc(C=O)c12.Cn1[nH]ccc1=O. The fourth-order valence-electron chi connectivity index (χ4n) is 2.41. The van der Waals surface area contributed by atoms with Gasteiger partial charge in [0.05, 0.1) is 7.11 Å². The molecule has 1 unspecified atom stereocenters. The summed E-state index contributed by atoms with van der Waals surface area (Å²) in [4.78, 5) is 35.7. The monoisotopic (exact) mass is 344 g/mol. The number of esters is 1. The number of benzene rings is 1. The van der Waals surface area contributed by atoms with E-state index in [4.69, 9.17) is 5.73 Å². The van der Waals surface area contributed by atoms with Crippen LogP contribution in [0.4, 0.5) is 0 Å². The van der Waals surface area contributed by atoms with E-state index in [-0.39, 0.29) is 5.56 Å². The molecule has 1 atom stereocenters. The van der Waals surface area contributed by atoms with Gasteiger partial charge in [0, 0.05) is 48.4 Å². The molecule has 0 saturated heterocycles. The highest BCUT2D eigenvalue weighted by Crippen LogP contribution is 2.22. The van der Waals surface area contributed by atoms with Crippen LogP contribution in [-0.4, -0.2) is 40.2 Å². The lowest BCUT2D eigenvalue weighted by atomic mass is 10.0. The first-order valence-corrected chi connectivity index (χ1v) is 7.56. The van der Waals surface area contributed by atoms with E-state index in [1.54, 1.807) is 31.6 Å². The summed E-state index contributed by atoms with van der Waals surface area (Å²) in [6.45, 7) is 0. The van der Waals surface area contributed by atoms with E-state index in [9.17, 15) is 14.4 Å². The lowest BCUT2D eigenvalue weighted by Gasteiger charge is -2.08. The Hall–Kier alpha value is -3.13. The number of rotatable bonds is 4. The molecular formula is C17H20N4O4. The molecule has 3 aromatic rings. The van der Waals surface area contributed by atoms with Crippen molar-refractivity contribution < 1.29 is 14.3 Å². The molecular weight excluding hydrogens is 324 g/mol. The van der Waals surface area contributed by atoms with Gasteiger partial charge in [-0.25, -0.2) is 0 Å². The molecule has 8 nitrogen and oxygen atoms in total. The Morgan fingerprint density at radius 1 is 1.40 bits per heavy atom. The van der Waals surface area contributed by atoms with Crippen molar-refractivity contribution >= 4 is 23.2 Å². The summed E-state index contributed by atoms with van der Waals surface area (Å²) in [7, 11) is 2.97. The number of aromatic nitrogens is 3. The van der Waals surface area contributed by atoms with Crippen LogP contribution >= 0.6 is 0 Å². The van der Waals surface area contributed by atoms with Crippen LogP contribution in [0.2, 0.25) is 0 Å². The second-order valence-corrected chi connectivity index (χ2v) is 5.40. The number of carbonyl (C=O) groups is 2. The maximum atomic E-state index is 11.3. The number of fused-ring (bicyclic) bond motifs is 1. The van der Waals surface area contributed by atoms with Crippen molar-refractivity contribution in [2.75, 3.05) is 7.11 Å². The Bertz CT molecular complexity index is 922. The van der Waals surface area contributed by atoms with E-state index in [2.05, 4.69) is 14.8 Å². The number of H-pyrrole nitrogens is 2. The van der Waals surface area contributed by atoms with Crippen molar-refractivity contribution in [3.05, 3.63) is 58.1 Å². The van der Waals surface area contributed by atoms with Crippen molar-refractivity contribution in [2.45, 2.75) is 12.5 Å². The van der Waals surface area contributed by atoms with Crippen LogP contribution in [0.1, 0.15) is 15.9 Å². The van der Waals surface area contributed by atoms with Gasteiger partial charge in [0.15, 0.2) is 6.29 Å². The average molecular weight is 344 g/mol. The van der Waals surface area contributed by atoms with Crippen molar-refractivity contribution in [1.29, 1.82) is 0 Å². The number of hydrogen-bond donors (Lipinski definition) is 3. The molecule has 8 heteroatoms. The summed E-state index contributed by atoms with van der Waals surface area (Å²) in [6, 6.07) is 6.15. The standard InChI is InChI=1S/C13H14N2O3.C4H6N2O/c1-18-13(17)10(14)5-9-6-15-11-4-2-3-8(7-16)12(9)11;1-6-4(7)2-3-5-6/h2-4,6-7,10,15H,5,14H2,1H3;2-3,5H,1H3. The predicted molar refractivity (Wildman–Crippen MR) is 93.4 cm³/mol. The van der Waals surface area contributed by atoms with Crippen LogP contribution < -0.4 is 11.3 Å². The number of aryl methyl sites for hydroxylation is 1. The number of hydrogen-bond acceptors (Lipinski definition) is 5. The number of methoxy groups -OCH3 is 1. The van der Waals surface area contributed by atoms with Crippen LogP contribution in [-0.2, 0) is 23.0 Å². The molecule has 25 heavy (non-hydrogen) atoms. The first-order chi connectivity index (χ1) is 12.0. The molecule has 4 N–H and O–H groups in total. The number of nitrogens with two attached hydrogens (primary N) is 1. The van der Waals surface area contributed by atoms with Crippen LogP contribution in [0.5, 0.6) is 0 Å². The number of aldehydes is 1. The van der Waals surface area contributed by atoms with E-state index >= 15 is 0 Å². The summed E-state index contributed by atoms with van der Waals surface area (Å²) in [6.07, 6.45) is 4.49. The van der Waals surface area contributed by atoms with E-state index in [1.165, 1.54) is 17.9 Å². The third-order valence-electron chi connectivity index (χ3n) is 3.72. The first-order valence-electron chi connectivity index (χ1n) is 7.56. The quantitative estimate of drug-likeness (QED) is 0.476. The van der Waals surface area contributed by atoms with Gasteiger partial charge in [0.2, 0.25) is 0 Å². The summed E-state index contributed by atoms with van der Waals surface area (Å²) in [5.41, 5.74) is 8.00. The van der Waals surface area contributed by atoms with Crippen LogP contribution in [0.25, 0.3) is 10.9 Å². The molecule has 0 amide bonds. The summed E-state index contributed by atoms with van der Waals surface area (Å²) in [5.74, 6) is -0.465. The molecule has 0 saturated carbocycles. The minimum Gasteiger partial charge on any atom is -0.468 e. The molecule has 0 bridgehead atoms. The number of ether oxygens (including phenoxy) is 1. The van der Waals surface area contributed by atoms with Crippen LogP contribution in [0.15, 0.2) is 41.5 Å². The van der Waals surface area contributed by atoms with E-state index in [0.717, 1.165) is 22.8 Å². The fourth-order valence-corrected chi connectivity index (χ4v) is 2.41. The largest absolute Gasteiger partial charge is 0.468 e. The van der Waals surface area contributed by atoms with Crippen molar-refractivity contribution in [1.82, 2.24) is 14.8 Å². The first kappa shape index (κ1) is 18.2. The molecule has 0 aliphatic heterocycles. The van der Waals surface area contributed by atoms with E-state index in [0.29, 0.717) is 12.0 Å². The topological polar surface area (TPSA) is 123 Å². The molecule has 132 valence electrons. The zero-order valence-electron chi connectivity index (χ0n) is 14.0. The molecule has 2 heterocycles. The summed E-state index contributed by atoms with van der Waals surface area (Å²) in [5, 5.41) is 3.48. The van der Waals surface area contributed by atoms with Crippen LogP contribution in [0.3, 0.4) is 0 Å². The van der Waals surface area contributed by atoms with Gasteiger partial charge in [-0.1, -0.05) is 12.1 Å². The lowest BCUT2D eigenvalue weighted by Crippen LogP contribution is -2.33. The Morgan fingerprint density at radius 3 is 2.68 bits per heavy atom. The van der Waals surface area contributed by atoms with Crippen LogP contribution in [0, 0.1) is 0 Å². The lowest BCUT2D eigenvalue weighted by molar-refractivity contribution is -0.142. The maximum absolute atomic E-state index is 11.3. The fraction of sp³-hybridized carbons (Fsp3) is 0.235. The Kier molecular flexibility index (Phi) is 5.91. The molecule has 0 aliphatic rings. The number of carbonyl (C=O) groups excluding carboxylic acids is 2. The third kappa shape index (κ3) is 4.24. The third-order valence-corrected chi connectivity index (χ3v) is 3.72. The Morgan fingerprint density at radius 2 is 2.16 bits per heavy atom.